The normalized spacial score (nSPS) is 19.2. The Morgan fingerprint density at radius 1 is 1.41 bits per heavy atom. The number of aryl methyl sites for hydroxylation is 1. The van der Waals surface area contributed by atoms with Gasteiger partial charge in [-0.1, -0.05) is 12.1 Å². The summed E-state index contributed by atoms with van der Waals surface area (Å²) in [7, 11) is 0. The predicted molar refractivity (Wildman–Crippen MR) is 56.3 cm³/mol. The summed E-state index contributed by atoms with van der Waals surface area (Å²) in [5.41, 5.74) is 0.728. The van der Waals surface area contributed by atoms with Crippen LogP contribution in [0.15, 0.2) is 18.2 Å². The molecule has 0 amide bonds. The number of carbonyl (C=O) groups excluding carboxylic acids is 2. The van der Waals surface area contributed by atoms with Crippen molar-refractivity contribution in [3.05, 3.63) is 39.4 Å². The van der Waals surface area contributed by atoms with E-state index in [1.165, 1.54) is 6.07 Å². The molecule has 0 radical (unpaired) electrons. The highest BCUT2D eigenvalue weighted by Crippen LogP contribution is 2.35. The molecule has 1 atom stereocenters. The van der Waals surface area contributed by atoms with Gasteiger partial charge in [-0.3, -0.25) is 19.7 Å². The van der Waals surface area contributed by atoms with E-state index in [2.05, 4.69) is 4.74 Å². The molecular weight excluding hydrogens is 226 g/mol. The van der Waals surface area contributed by atoms with Crippen LogP contribution in [0.25, 0.3) is 0 Å². The van der Waals surface area contributed by atoms with Gasteiger partial charge in [-0.25, -0.2) is 0 Å². The Hall–Kier alpha value is -2.24. The third kappa shape index (κ3) is 1.89. The first-order valence-corrected chi connectivity index (χ1v) is 4.99. The number of esters is 2. The summed E-state index contributed by atoms with van der Waals surface area (Å²) in [4.78, 5) is 32.8. The fraction of sp³-hybridized carbons (Fsp3) is 0.273. The second-order valence-electron chi connectivity index (χ2n) is 3.81. The number of hydrogen-bond donors (Lipinski definition) is 0. The summed E-state index contributed by atoms with van der Waals surface area (Å²) in [6.45, 7) is 1.67. The van der Waals surface area contributed by atoms with Gasteiger partial charge in [-0.15, -0.1) is 0 Å². The lowest BCUT2D eigenvalue weighted by atomic mass is 9.92. The van der Waals surface area contributed by atoms with Crippen molar-refractivity contribution in [2.24, 2.45) is 0 Å². The van der Waals surface area contributed by atoms with Crippen LogP contribution in [0.2, 0.25) is 0 Å². The fourth-order valence-electron chi connectivity index (χ4n) is 1.97. The maximum Gasteiger partial charge on any atom is 0.321 e. The summed E-state index contributed by atoms with van der Waals surface area (Å²) in [6, 6.07) is 4.52. The zero-order valence-corrected chi connectivity index (χ0v) is 9.00. The monoisotopic (exact) mass is 235 g/mol. The first-order chi connectivity index (χ1) is 8.00. The quantitative estimate of drug-likeness (QED) is 0.335. The van der Waals surface area contributed by atoms with Crippen LogP contribution in [-0.4, -0.2) is 16.9 Å². The smallest absolute Gasteiger partial charge is 0.321 e. The molecule has 2 rings (SSSR count). The Labute approximate surface area is 96.3 Å². The molecule has 1 saturated heterocycles. The van der Waals surface area contributed by atoms with E-state index in [1.807, 2.05) is 0 Å². The molecule has 1 unspecified atom stereocenters. The molecular formula is C11H9NO5. The van der Waals surface area contributed by atoms with Crippen LogP contribution >= 0.6 is 0 Å². The molecule has 0 spiro atoms. The number of cyclic esters (lactones) is 2. The summed E-state index contributed by atoms with van der Waals surface area (Å²) in [6.07, 6.45) is -0.134. The minimum atomic E-state index is -0.857. The van der Waals surface area contributed by atoms with Gasteiger partial charge in [-0.2, -0.15) is 0 Å². The Bertz CT molecular complexity index is 523. The van der Waals surface area contributed by atoms with Crippen molar-refractivity contribution in [1.82, 2.24) is 0 Å². The molecule has 17 heavy (non-hydrogen) atoms. The largest absolute Gasteiger partial charge is 0.393 e. The van der Waals surface area contributed by atoms with Crippen molar-refractivity contribution in [1.29, 1.82) is 0 Å². The second-order valence-corrected chi connectivity index (χ2v) is 3.81. The SMILES string of the molecule is Cc1cccc([N+](=O)[O-])c1C1CC(=O)OC1=O. The van der Waals surface area contributed by atoms with E-state index in [1.54, 1.807) is 19.1 Å². The van der Waals surface area contributed by atoms with Gasteiger partial charge in [0.2, 0.25) is 0 Å². The molecule has 6 heteroatoms. The van der Waals surface area contributed by atoms with Gasteiger partial charge in [0.1, 0.15) is 0 Å². The van der Waals surface area contributed by atoms with Gasteiger partial charge in [-0.05, 0) is 12.5 Å². The Morgan fingerprint density at radius 3 is 2.65 bits per heavy atom. The number of rotatable bonds is 2. The summed E-state index contributed by atoms with van der Waals surface area (Å²) < 4.78 is 4.42. The molecule has 1 aromatic rings. The minimum Gasteiger partial charge on any atom is -0.393 e. The van der Waals surface area contributed by atoms with E-state index >= 15 is 0 Å². The highest BCUT2D eigenvalue weighted by molar-refractivity contribution is 5.98. The molecule has 6 nitrogen and oxygen atoms in total. The summed E-state index contributed by atoms with van der Waals surface area (Å²) in [5, 5.41) is 10.9. The van der Waals surface area contributed by atoms with E-state index < -0.39 is 22.8 Å². The second kappa shape index (κ2) is 3.97. The van der Waals surface area contributed by atoms with Crippen LogP contribution in [0, 0.1) is 17.0 Å². The van der Waals surface area contributed by atoms with Crippen LogP contribution in [0.5, 0.6) is 0 Å². The van der Waals surface area contributed by atoms with E-state index in [0.29, 0.717) is 5.56 Å². The minimum absolute atomic E-state index is 0.134. The van der Waals surface area contributed by atoms with Crippen molar-refractivity contribution in [2.75, 3.05) is 0 Å². The Kier molecular flexibility index (Phi) is 2.63. The summed E-state index contributed by atoms with van der Waals surface area (Å²) >= 11 is 0. The van der Waals surface area contributed by atoms with Crippen molar-refractivity contribution >= 4 is 17.6 Å². The molecule has 1 heterocycles. The van der Waals surface area contributed by atoms with E-state index in [4.69, 9.17) is 0 Å². The van der Waals surface area contributed by atoms with Gasteiger partial charge in [0.05, 0.1) is 17.3 Å². The van der Waals surface area contributed by atoms with Crippen LogP contribution in [0.4, 0.5) is 5.69 Å². The lowest BCUT2D eigenvalue weighted by Gasteiger charge is -2.09. The van der Waals surface area contributed by atoms with Gasteiger partial charge < -0.3 is 4.74 Å². The number of nitrogens with zero attached hydrogens (tertiary/aromatic N) is 1. The van der Waals surface area contributed by atoms with Crippen molar-refractivity contribution < 1.29 is 19.2 Å². The number of carbonyl (C=O) groups is 2. The van der Waals surface area contributed by atoms with Crippen molar-refractivity contribution in [2.45, 2.75) is 19.3 Å². The number of nitro benzene ring substituents is 1. The van der Waals surface area contributed by atoms with Crippen LogP contribution in [0.3, 0.4) is 0 Å². The highest BCUT2D eigenvalue weighted by atomic mass is 16.6. The molecule has 0 aromatic heterocycles. The molecule has 0 bridgehead atoms. The topological polar surface area (TPSA) is 86.5 Å². The maximum atomic E-state index is 11.4. The first-order valence-electron chi connectivity index (χ1n) is 4.99. The number of nitro groups is 1. The summed E-state index contributed by atoms with van der Waals surface area (Å²) in [5.74, 6) is -2.21. The van der Waals surface area contributed by atoms with Crippen LogP contribution in [0.1, 0.15) is 23.5 Å². The average molecular weight is 235 g/mol. The van der Waals surface area contributed by atoms with E-state index in [-0.39, 0.29) is 17.7 Å². The van der Waals surface area contributed by atoms with Gasteiger partial charge in [0.15, 0.2) is 0 Å². The van der Waals surface area contributed by atoms with Crippen LogP contribution < -0.4 is 0 Å². The zero-order chi connectivity index (χ0) is 12.6. The molecule has 1 aliphatic heterocycles. The van der Waals surface area contributed by atoms with E-state index in [9.17, 15) is 19.7 Å². The predicted octanol–water partition coefficient (Wildman–Crippen LogP) is 1.46. The third-order valence-corrected chi connectivity index (χ3v) is 2.72. The lowest BCUT2D eigenvalue weighted by molar-refractivity contribution is -0.385. The first kappa shape index (κ1) is 11.3. The molecule has 0 N–H and O–H groups in total. The van der Waals surface area contributed by atoms with E-state index in [0.717, 1.165) is 0 Å². The average Bonchev–Trinajstić information content (AvgIpc) is 2.57. The number of hydrogen-bond acceptors (Lipinski definition) is 5. The molecule has 0 saturated carbocycles. The molecule has 0 aliphatic carbocycles. The third-order valence-electron chi connectivity index (χ3n) is 2.72. The van der Waals surface area contributed by atoms with Crippen LogP contribution in [-0.2, 0) is 14.3 Å². The number of ether oxygens (including phenoxy) is 1. The van der Waals surface area contributed by atoms with Gasteiger partial charge in [0.25, 0.3) is 5.69 Å². The molecule has 1 aromatic carbocycles. The Balaban J connectivity index is 2.54. The molecule has 1 fully saturated rings. The molecule has 88 valence electrons. The standard InChI is InChI=1S/C11H9NO5/c1-6-3-2-4-8(12(15)16)10(6)7-5-9(13)17-11(7)14/h2-4,7H,5H2,1H3. The lowest BCUT2D eigenvalue weighted by Crippen LogP contribution is -2.10. The maximum absolute atomic E-state index is 11.4. The van der Waals surface area contributed by atoms with Gasteiger partial charge >= 0.3 is 11.9 Å². The highest BCUT2D eigenvalue weighted by Gasteiger charge is 2.39. The number of benzene rings is 1. The van der Waals surface area contributed by atoms with Crippen molar-refractivity contribution in [3.63, 3.8) is 0 Å². The van der Waals surface area contributed by atoms with Crippen molar-refractivity contribution in [3.8, 4) is 0 Å². The molecule has 1 aliphatic rings. The zero-order valence-electron chi connectivity index (χ0n) is 9.00. The Morgan fingerprint density at radius 2 is 2.12 bits per heavy atom. The fourth-order valence-corrected chi connectivity index (χ4v) is 1.97. The van der Waals surface area contributed by atoms with Gasteiger partial charge in [0, 0.05) is 11.6 Å².